The van der Waals surface area contributed by atoms with Gasteiger partial charge in [0.15, 0.2) is 5.69 Å². The molecule has 134 valence electrons. The molecular weight excluding hydrogens is 330 g/mol. The third-order valence-corrected chi connectivity index (χ3v) is 3.51. The summed E-state index contributed by atoms with van der Waals surface area (Å²) in [4.78, 5) is 34.1. The predicted molar refractivity (Wildman–Crippen MR) is 88.2 cm³/mol. The van der Waals surface area contributed by atoms with E-state index in [-0.39, 0.29) is 30.4 Å². The number of carbonyl (C=O) groups is 2. The normalized spacial score (nSPS) is 10.5. The van der Waals surface area contributed by atoms with E-state index in [2.05, 4.69) is 20.8 Å². The largest absolute Gasteiger partial charge is 0.390 e. The smallest absolute Gasteiger partial charge is 0.358 e. The van der Waals surface area contributed by atoms with E-state index in [1.165, 1.54) is 17.8 Å². The van der Waals surface area contributed by atoms with Crippen molar-refractivity contribution in [2.45, 2.75) is 33.4 Å². The molecule has 11 nitrogen and oxygen atoms in total. The van der Waals surface area contributed by atoms with Gasteiger partial charge in [-0.05, 0) is 18.8 Å². The highest BCUT2D eigenvalue weighted by Crippen LogP contribution is 2.15. The van der Waals surface area contributed by atoms with Crippen molar-refractivity contribution in [3.05, 3.63) is 33.8 Å². The molecular formula is C14H19N7O4. The van der Waals surface area contributed by atoms with Crippen LogP contribution in [0.5, 0.6) is 0 Å². The second-order valence-electron chi connectivity index (χ2n) is 5.25. The van der Waals surface area contributed by atoms with Crippen LogP contribution in [-0.2, 0) is 17.9 Å². The number of hydrogen-bond donors (Lipinski definition) is 2. The van der Waals surface area contributed by atoms with Crippen LogP contribution in [-0.4, -0.2) is 43.3 Å². The number of carbonyl (C=O) groups excluding carboxylic acids is 2. The van der Waals surface area contributed by atoms with Crippen LogP contribution in [0.2, 0.25) is 0 Å². The van der Waals surface area contributed by atoms with Crippen LogP contribution < -0.4 is 10.6 Å². The van der Waals surface area contributed by atoms with Gasteiger partial charge in [-0.2, -0.15) is 9.78 Å². The summed E-state index contributed by atoms with van der Waals surface area (Å²) in [7, 11) is 1.48. The van der Waals surface area contributed by atoms with Gasteiger partial charge in [-0.25, -0.2) is 0 Å². The first-order valence-electron chi connectivity index (χ1n) is 7.64. The lowest BCUT2D eigenvalue weighted by Gasteiger charge is -2.04. The zero-order chi connectivity index (χ0) is 18.6. The molecule has 2 N–H and O–H groups in total. The lowest BCUT2D eigenvalue weighted by atomic mass is 10.3. The monoisotopic (exact) mass is 349 g/mol. The van der Waals surface area contributed by atoms with Crippen LogP contribution in [0.1, 0.15) is 29.5 Å². The number of aryl methyl sites for hydroxylation is 3. The molecule has 0 fully saturated rings. The second-order valence-corrected chi connectivity index (χ2v) is 5.25. The average molecular weight is 349 g/mol. The van der Waals surface area contributed by atoms with Gasteiger partial charge in [0.2, 0.25) is 5.91 Å². The minimum atomic E-state index is -0.585. The van der Waals surface area contributed by atoms with Gasteiger partial charge in [0.1, 0.15) is 0 Å². The lowest BCUT2D eigenvalue weighted by molar-refractivity contribution is -0.389. The Bertz CT molecular complexity index is 808. The van der Waals surface area contributed by atoms with Gasteiger partial charge >= 0.3 is 5.82 Å². The van der Waals surface area contributed by atoms with E-state index >= 15 is 0 Å². The number of amides is 2. The summed E-state index contributed by atoms with van der Waals surface area (Å²) in [6, 6.07) is 1.34. The van der Waals surface area contributed by atoms with Crippen molar-refractivity contribution < 1.29 is 14.5 Å². The number of anilines is 1. The SMILES string of the molecule is CCn1cc(NC(=O)CCn2nc([N+](=O)[O-])cc2C)c(C(=O)NC)n1. The zero-order valence-electron chi connectivity index (χ0n) is 14.1. The Morgan fingerprint density at radius 1 is 1.36 bits per heavy atom. The number of nitro groups is 1. The maximum Gasteiger partial charge on any atom is 0.390 e. The van der Waals surface area contributed by atoms with Crippen molar-refractivity contribution in [1.29, 1.82) is 0 Å². The van der Waals surface area contributed by atoms with Gasteiger partial charge < -0.3 is 20.7 Å². The van der Waals surface area contributed by atoms with E-state index in [0.717, 1.165) is 0 Å². The van der Waals surface area contributed by atoms with Gasteiger partial charge in [-0.1, -0.05) is 0 Å². The fraction of sp³-hybridized carbons (Fsp3) is 0.429. The summed E-state index contributed by atoms with van der Waals surface area (Å²) < 4.78 is 2.94. The summed E-state index contributed by atoms with van der Waals surface area (Å²) in [5, 5.41) is 23.7. The molecule has 2 heterocycles. The number of nitrogens with zero attached hydrogens (tertiary/aromatic N) is 5. The molecule has 11 heteroatoms. The van der Waals surface area contributed by atoms with Crippen LogP contribution in [0.25, 0.3) is 0 Å². The molecule has 0 saturated heterocycles. The van der Waals surface area contributed by atoms with Gasteiger partial charge in [-0.3, -0.25) is 14.3 Å². The van der Waals surface area contributed by atoms with Gasteiger partial charge in [0.05, 0.1) is 29.1 Å². The van der Waals surface area contributed by atoms with Gasteiger partial charge in [-0.15, -0.1) is 0 Å². The Morgan fingerprint density at radius 3 is 2.64 bits per heavy atom. The third kappa shape index (κ3) is 4.19. The topological polar surface area (TPSA) is 137 Å². The Hall–Kier alpha value is -3.24. The van der Waals surface area contributed by atoms with Crippen LogP contribution in [0.15, 0.2) is 12.3 Å². The van der Waals surface area contributed by atoms with E-state index < -0.39 is 10.8 Å². The molecule has 25 heavy (non-hydrogen) atoms. The summed E-state index contributed by atoms with van der Waals surface area (Å²) in [6.45, 7) is 4.27. The van der Waals surface area contributed by atoms with Crippen LogP contribution in [0.3, 0.4) is 0 Å². The molecule has 0 unspecified atom stereocenters. The van der Waals surface area contributed by atoms with Crippen molar-refractivity contribution in [1.82, 2.24) is 24.9 Å². The first-order valence-corrected chi connectivity index (χ1v) is 7.64. The summed E-state index contributed by atoms with van der Waals surface area (Å²) in [5.41, 5.74) is 1.03. The molecule has 0 atom stereocenters. The number of rotatable bonds is 7. The highest BCUT2D eigenvalue weighted by molar-refractivity contribution is 6.02. The Kier molecular flexibility index (Phi) is 5.47. The Morgan fingerprint density at radius 2 is 2.08 bits per heavy atom. The highest BCUT2D eigenvalue weighted by atomic mass is 16.6. The summed E-state index contributed by atoms with van der Waals surface area (Å²) in [5.74, 6) is -1.01. The van der Waals surface area contributed by atoms with Crippen molar-refractivity contribution in [3.63, 3.8) is 0 Å². The first kappa shape index (κ1) is 18.1. The van der Waals surface area contributed by atoms with E-state index in [0.29, 0.717) is 17.9 Å². The third-order valence-electron chi connectivity index (χ3n) is 3.51. The number of nitrogens with one attached hydrogen (secondary N) is 2. The van der Waals surface area contributed by atoms with Crippen molar-refractivity contribution in [2.75, 3.05) is 12.4 Å². The molecule has 0 bridgehead atoms. The maximum atomic E-state index is 12.1. The fourth-order valence-electron chi connectivity index (χ4n) is 2.19. The van der Waals surface area contributed by atoms with Crippen LogP contribution in [0.4, 0.5) is 11.5 Å². The van der Waals surface area contributed by atoms with Crippen molar-refractivity contribution in [3.8, 4) is 0 Å². The van der Waals surface area contributed by atoms with Gasteiger partial charge in [0.25, 0.3) is 5.91 Å². The molecule has 0 aliphatic carbocycles. The van der Waals surface area contributed by atoms with Crippen LogP contribution >= 0.6 is 0 Å². The molecule has 0 spiro atoms. The minimum Gasteiger partial charge on any atom is -0.358 e. The number of hydrogen-bond acceptors (Lipinski definition) is 6. The van der Waals surface area contributed by atoms with E-state index in [9.17, 15) is 19.7 Å². The van der Waals surface area contributed by atoms with E-state index in [4.69, 9.17) is 0 Å². The Labute approximate surface area is 143 Å². The van der Waals surface area contributed by atoms with E-state index in [1.807, 2.05) is 6.92 Å². The highest BCUT2D eigenvalue weighted by Gasteiger charge is 2.19. The maximum absolute atomic E-state index is 12.1. The second kappa shape index (κ2) is 7.55. The molecule has 0 radical (unpaired) electrons. The quantitative estimate of drug-likeness (QED) is 0.558. The summed E-state index contributed by atoms with van der Waals surface area (Å²) in [6.07, 6.45) is 1.62. The fourth-order valence-corrected chi connectivity index (χ4v) is 2.19. The molecule has 0 saturated carbocycles. The standard InChI is InChI=1S/C14H19N7O4/c1-4-19-8-10(13(18-19)14(23)15-3)16-12(22)5-6-20-9(2)7-11(17-20)21(24)25/h7-8H,4-6H2,1-3H3,(H,15,23)(H,16,22). The lowest BCUT2D eigenvalue weighted by Crippen LogP contribution is -2.22. The molecule has 0 aliphatic heterocycles. The summed E-state index contributed by atoms with van der Waals surface area (Å²) >= 11 is 0. The Balaban J connectivity index is 2.04. The number of aromatic nitrogens is 4. The van der Waals surface area contributed by atoms with Gasteiger partial charge in [0, 0.05) is 26.2 Å². The average Bonchev–Trinajstić information content (AvgIpc) is 3.15. The van der Waals surface area contributed by atoms with Crippen molar-refractivity contribution in [2.24, 2.45) is 0 Å². The zero-order valence-corrected chi connectivity index (χ0v) is 14.1. The molecule has 2 rings (SSSR count). The predicted octanol–water partition coefficient (Wildman–Crippen LogP) is 0.705. The first-order chi connectivity index (χ1) is 11.8. The van der Waals surface area contributed by atoms with E-state index in [1.54, 1.807) is 17.8 Å². The van der Waals surface area contributed by atoms with Crippen molar-refractivity contribution >= 4 is 23.3 Å². The molecule has 0 aliphatic rings. The minimum absolute atomic E-state index is 0.0458. The molecule has 2 amide bonds. The molecule has 2 aromatic rings. The van der Waals surface area contributed by atoms with Crippen LogP contribution in [0, 0.1) is 17.0 Å². The molecule has 0 aromatic carbocycles. The molecule has 2 aromatic heterocycles.